The summed E-state index contributed by atoms with van der Waals surface area (Å²) in [5.74, 6) is 4.29. The van der Waals surface area contributed by atoms with Gasteiger partial charge < -0.3 is 14.3 Å². The molecule has 1 N–H and O–H groups in total. The highest BCUT2D eigenvalue weighted by Crippen LogP contribution is 2.36. The Labute approximate surface area is 125 Å². The molecule has 1 aliphatic rings. The first kappa shape index (κ1) is 13.6. The number of nitrogens with zero attached hydrogens (tertiary/aromatic N) is 2. The molecular weight excluding hydrogens is 294 g/mol. The molecule has 0 aromatic carbocycles. The topological polar surface area (TPSA) is 62.1 Å². The van der Waals surface area contributed by atoms with E-state index < -0.39 is 0 Å². The zero-order valence-electron chi connectivity index (χ0n) is 10.8. The van der Waals surface area contributed by atoms with Crippen molar-refractivity contribution < 1.29 is 9.21 Å². The molecule has 0 spiro atoms. The minimum Gasteiger partial charge on any atom is -0.468 e. The van der Waals surface area contributed by atoms with Crippen molar-refractivity contribution in [2.75, 3.05) is 18.1 Å². The van der Waals surface area contributed by atoms with Crippen molar-refractivity contribution in [2.24, 2.45) is 0 Å². The van der Waals surface area contributed by atoms with Crippen LogP contribution >= 0.6 is 23.5 Å². The van der Waals surface area contributed by atoms with E-state index in [-0.39, 0.29) is 11.3 Å². The zero-order valence-corrected chi connectivity index (χ0v) is 12.5. The van der Waals surface area contributed by atoms with Crippen LogP contribution in [0, 0.1) is 0 Å². The molecule has 0 saturated carbocycles. The lowest BCUT2D eigenvalue weighted by Crippen LogP contribution is -2.30. The number of furan rings is 1. The fraction of sp³-hybridized carbons (Fsp3) is 0.385. The molecule has 1 atom stereocenters. The third kappa shape index (κ3) is 3.04. The number of carbonyl (C=O) groups excluding carboxylic acids is 1. The first-order chi connectivity index (χ1) is 9.84. The Morgan fingerprint density at radius 1 is 1.60 bits per heavy atom. The Bertz CT molecular complexity index is 542. The van der Waals surface area contributed by atoms with Gasteiger partial charge in [0.1, 0.15) is 17.0 Å². The van der Waals surface area contributed by atoms with Crippen LogP contribution in [0.25, 0.3) is 0 Å². The molecule has 1 amide bonds. The number of amides is 1. The van der Waals surface area contributed by atoms with Gasteiger partial charge in [-0.2, -0.15) is 11.8 Å². The first-order valence-electron chi connectivity index (χ1n) is 6.35. The molecule has 0 radical (unpaired) electrons. The summed E-state index contributed by atoms with van der Waals surface area (Å²) < 4.78 is 5.29. The third-order valence-electron chi connectivity index (χ3n) is 3.02. The van der Waals surface area contributed by atoms with Crippen LogP contribution in [0.15, 0.2) is 35.2 Å². The van der Waals surface area contributed by atoms with E-state index in [9.17, 15) is 4.79 Å². The SMILES string of the molecule is O=C1CSC(c2ncc[nH]2)N1CCSCc1ccco1. The van der Waals surface area contributed by atoms with Crippen LogP contribution in [-0.2, 0) is 10.5 Å². The van der Waals surface area contributed by atoms with Gasteiger partial charge in [-0.05, 0) is 12.1 Å². The number of carbonyl (C=O) groups is 1. The first-order valence-corrected chi connectivity index (χ1v) is 8.55. The summed E-state index contributed by atoms with van der Waals surface area (Å²) in [5.41, 5.74) is 0. The normalized spacial score (nSPS) is 18.9. The van der Waals surface area contributed by atoms with Crippen molar-refractivity contribution in [3.63, 3.8) is 0 Å². The zero-order chi connectivity index (χ0) is 13.8. The standard InChI is InChI=1S/C13H15N3O2S2/c17-11-9-20-13(12-14-3-4-15-12)16(11)5-7-19-8-10-2-1-6-18-10/h1-4,6,13H,5,7-9H2,(H,14,15). The number of aromatic nitrogens is 2. The highest BCUT2D eigenvalue weighted by Gasteiger charge is 2.33. The molecule has 0 bridgehead atoms. The lowest BCUT2D eigenvalue weighted by molar-refractivity contribution is -0.127. The van der Waals surface area contributed by atoms with Gasteiger partial charge in [-0.3, -0.25) is 4.79 Å². The lowest BCUT2D eigenvalue weighted by Gasteiger charge is -2.21. The van der Waals surface area contributed by atoms with Gasteiger partial charge in [0.15, 0.2) is 0 Å². The number of imidazole rings is 1. The fourth-order valence-electron chi connectivity index (χ4n) is 2.07. The van der Waals surface area contributed by atoms with Gasteiger partial charge in [-0.1, -0.05) is 0 Å². The van der Waals surface area contributed by atoms with Crippen LogP contribution in [0.5, 0.6) is 0 Å². The van der Waals surface area contributed by atoms with E-state index in [2.05, 4.69) is 9.97 Å². The third-order valence-corrected chi connectivity index (χ3v) is 5.19. The molecule has 7 heteroatoms. The second-order valence-electron chi connectivity index (χ2n) is 4.36. The summed E-state index contributed by atoms with van der Waals surface area (Å²) in [6.07, 6.45) is 5.20. The maximum absolute atomic E-state index is 11.9. The minimum absolute atomic E-state index is 0.0294. The maximum Gasteiger partial charge on any atom is 0.233 e. The largest absolute Gasteiger partial charge is 0.468 e. The van der Waals surface area contributed by atoms with E-state index in [1.54, 1.807) is 42.2 Å². The Kier molecular flexibility index (Phi) is 4.37. The molecule has 1 unspecified atom stereocenters. The number of thioether (sulfide) groups is 2. The Balaban J connectivity index is 1.51. The molecule has 106 valence electrons. The van der Waals surface area contributed by atoms with Crippen molar-refractivity contribution in [1.29, 1.82) is 0 Å². The number of aromatic amines is 1. The number of nitrogens with one attached hydrogen (secondary N) is 1. The Morgan fingerprint density at radius 2 is 2.55 bits per heavy atom. The number of hydrogen-bond donors (Lipinski definition) is 1. The number of hydrogen-bond acceptors (Lipinski definition) is 5. The van der Waals surface area contributed by atoms with Crippen molar-refractivity contribution in [3.05, 3.63) is 42.4 Å². The molecule has 1 saturated heterocycles. The molecule has 0 aliphatic carbocycles. The van der Waals surface area contributed by atoms with Crippen LogP contribution in [0.2, 0.25) is 0 Å². The van der Waals surface area contributed by atoms with Crippen LogP contribution in [-0.4, -0.2) is 38.8 Å². The van der Waals surface area contributed by atoms with Gasteiger partial charge in [0.05, 0.1) is 17.8 Å². The van der Waals surface area contributed by atoms with Gasteiger partial charge in [-0.25, -0.2) is 4.98 Å². The monoisotopic (exact) mass is 309 g/mol. The molecule has 2 aromatic heterocycles. The van der Waals surface area contributed by atoms with Gasteiger partial charge in [0, 0.05) is 24.7 Å². The van der Waals surface area contributed by atoms with Crippen LogP contribution in [0.4, 0.5) is 0 Å². The fourth-order valence-corrected chi connectivity index (χ4v) is 4.06. The van der Waals surface area contributed by atoms with Crippen molar-refractivity contribution >= 4 is 29.4 Å². The van der Waals surface area contributed by atoms with Crippen LogP contribution in [0.1, 0.15) is 17.0 Å². The quantitative estimate of drug-likeness (QED) is 0.831. The molecule has 5 nitrogen and oxygen atoms in total. The average Bonchev–Trinajstić information content (AvgIpc) is 3.17. The van der Waals surface area contributed by atoms with Gasteiger partial charge >= 0.3 is 0 Å². The molecule has 1 aliphatic heterocycles. The van der Waals surface area contributed by atoms with E-state index in [0.29, 0.717) is 5.75 Å². The summed E-state index contributed by atoms with van der Waals surface area (Å²) in [5, 5.41) is 0.0294. The number of rotatable bonds is 6. The molecule has 2 aromatic rings. The van der Waals surface area contributed by atoms with Crippen molar-refractivity contribution in [1.82, 2.24) is 14.9 Å². The Hall–Kier alpha value is -1.34. The minimum atomic E-state index is 0.0294. The van der Waals surface area contributed by atoms with Gasteiger partial charge in [0.2, 0.25) is 5.91 Å². The van der Waals surface area contributed by atoms with E-state index in [4.69, 9.17) is 4.42 Å². The van der Waals surface area contributed by atoms with Crippen molar-refractivity contribution in [2.45, 2.75) is 11.1 Å². The van der Waals surface area contributed by atoms with Crippen LogP contribution in [0.3, 0.4) is 0 Å². The lowest BCUT2D eigenvalue weighted by atomic mass is 10.4. The molecule has 20 heavy (non-hydrogen) atoms. The second kappa shape index (κ2) is 6.41. The summed E-state index contributed by atoms with van der Waals surface area (Å²) in [6, 6.07) is 3.86. The highest BCUT2D eigenvalue weighted by molar-refractivity contribution is 8.00. The summed E-state index contributed by atoms with van der Waals surface area (Å²) in [6.45, 7) is 0.739. The van der Waals surface area contributed by atoms with Gasteiger partial charge in [-0.15, -0.1) is 11.8 Å². The maximum atomic E-state index is 11.9. The van der Waals surface area contributed by atoms with Crippen LogP contribution < -0.4 is 0 Å². The predicted molar refractivity (Wildman–Crippen MR) is 80.4 cm³/mol. The van der Waals surface area contributed by atoms with E-state index in [0.717, 1.165) is 29.6 Å². The smallest absolute Gasteiger partial charge is 0.233 e. The summed E-state index contributed by atoms with van der Waals surface area (Å²) >= 11 is 3.40. The van der Waals surface area contributed by atoms with E-state index >= 15 is 0 Å². The molecule has 1 fully saturated rings. The molecule has 3 rings (SSSR count). The highest BCUT2D eigenvalue weighted by atomic mass is 32.2. The van der Waals surface area contributed by atoms with E-state index in [1.165, 1.54) is 0 Å². The van der Waals surface area contributed by atoms with Gasteiger partial charge in [0.25, 0.3) is 0 Å². The summed E-state index contributed by atoms with van der Waals surface area (Å²) in [7, 11) is 0. The second-order valence-corrected chi connectivity index (χ2v) is 6.53. The number of H-pyrrole nitrogens is 1. The van der Waals surface area contributed by atoms with Crippen molar-refractivity contribution in [3.8, 4) is 0 Å². The Morgan fingerprint density at radius 3 is 3.30 bits per heavy atom. The predicted octanol–water partition coefficient (Wildman–Crippen LogP) is 2.51. The molecular formula is C13H15N3O2S2. The van der Waals surface area contributed by atoms with E-state index in [1.807, 2.05) is 17.0 Å². The average molecular weight is 309 g/mol. The molecule has 3 heterocycles. The summed E-state index contributed by atoms with van der Waals surface area (Å²) in [4.78, 5) is 21.2.